The van der Waals surface area contributed by atoms with Crippen LogP contribution in [0.2, 0.25) is 0 Å². The van der Waals surface area contributed by atoms with Crippen LogP contribution < -0.4 is 0 Å². The van der Waals surface area contributed by atoms with E-state index < -0.39 is 0 Å². The molecule has 0 saturated heterocycles. The van der Waals surface area contributed by atoms with Crippen molar-refractivity contribution in [3.63, 3.8) is 0 Å². The van der Waals surface area contributed by atoms with Crippen LogP contribution in [-0.4, -0.2) is 17.0 Å². The minimum atomic E-state index is -0.0490. The fourth-order valence-corrected chi connectivity index (χ4v) is 7.90. The van der Waals surface area contributed by atoms with Gasteiger partial charge in [-0.3, -0.25) is 4.79 Å². The molecule has 0 amide bonds. The maximum atomic E-state index is 12.2. The van der Waals surface area contributed by atoms with Crippen molar-refractivity contribution >= 4 is 5.78 Å². The highest BCUT2D eigenvalue weighted by molar-refractivity contribution is 5.79. The van der Waals surface area contributed by atoms with Crippen LogP contribution in [0.15, 0.2) is 0 Å². The van der Waals surface area contributed by atoms with Crippen LogP contribution in [0.25, 0.3) is 0 Å². The molecule has 4 saturated carbocycles. The van der Waals surface area contributed by atoms with Crippen molar-refractivity contribution < 1.29 is 9.90 Å². The maximum Gasteiger partial charge on any atom is 0.133 e. The van der Waals surface area contributed by atoms with Gasteiger partial charge in [-0.15, -0.1) is 0 Å². The molecule has 1 N–H and O–H groups in total. The molecule has 4 aliphatic rings. The first-order valence-corrected chi connectivity index (χ1v) is 10.0. The standard InChI is InChI=1S/C21H34O2/c1-13(22)17-6-7-18-16-5-4-14-12-15(23)8-10-20(14,2)19(16)9-11-21(17,18)3/h14-19,23H,4-12H2,1-3H3/t14-,15+,16-,17-,18+,19+,20-,21+/m0/s1. The highest BCUT2D eigenvalue weighted by atomic mass is 16.3. The summed E-state index contributed by atoms with van der Waals surface area (Å²) in [5.74, 6) is 3.97. The minimum Gasteiger partial charge on any atom is -0.393 e. The second kappa shape index (κ2) is 5.31. The van der Waals surface area contributed by atoms with Crippen LogP contribution in [0.1, 0.15) is 78.6 Å². The average Bonchev–Trinajstić information content (AvgIpc) is 2.85. The number of fused-ring (bicyclic) bond motifs is 5. The summed E-state index contributed by atoms with van der Waals surface area (Å²) >= 11 is 0. The fraction of sp³-hybridized carbons (Fsp3) is 0.952. The zero-order chi connectivity index (χ0) is 16.4. The predicted octanol–water partition coefficient (Wildman–Crippen LogP) is 4.60. The molecule has 0 aromatic carbocycles. The third-order valence-corrected chi connectivity index (χ3v) is 9.13. The molecule has 0 aromatic heterocycles. The molecule has 2 nitrogen and oxygen atoms in total. The van der Waals surface area contributed by atoms with Crippen LogP contribution in [0, 0.1) is 40.4 Å². The summed E-state index contributed by atoms with van der Waals surface area (Å²) in [4.78, 5) is 12.2. The van der Waals surface area contributed by atoms with Crippen LogP contribution >= 0.6 is 0 Å². The van der Waals surface area contributed by atoms with Gasteiger partial charge in [-0.2, -0.15) is 0 Å². The number of Topliss-reactive ketones (excluding diaryl/α,β-unsaturated/α-hetero) is 1. The van der Waals surface area contributed by atoms with E-state index in [1.54, 1.807) is 0 Å². The van der Waals surface area contributed by atoms with Crippen LogP contribution in [-0.2, 0) is 4.79 Å². The van der Waals surface area contributed by atoms with E-state index in [0.29, 0.717) is 17.1 Å². The monoisotopic (exact) mass is 318 g/mol. The molecule has 0 aromatic rings. The number of hydrogen-bond donors (Lipinski definition) is 1. The van der Waals surface area contributed by atoms with Gasteiger partial charge in [0, 0.05) is 5.92 Å². The summed E-state index contributed by atoms with van der Waals surface area (Å²) in [6.45, 7) is 6.80. The Morgan fingerprint density at radius 2 is 1.61 bits per heavy atom. The first-order chi connectivity index (χ1) is 10.9. The Bertz CT molecular complexity index is 500. The molecule has 8 atom stereocenters. The number of rotatable bonds is 1. The molecule has 4 aliphatic carbocycles. The smallest absolute Gasteiger partial charge is 0.133 e. The number of carbonyl (C=O) groups excluding carboxylic acids is 1. The molecule has 0 spiro atoms. The number of aliphatic hydroxyl groups excluding tert-OH is 1. The first-order valence-electron chi connectivity index (χ1n) is 10.0. The number of ketones is 1. The largest absolute Gasteiger partial charge is 0.393 e. The summed E-state index contributed by atoms with van der Waals surface area (Å²) in [6.07, 6.45) is 10.9. The lowest BCUT2D eigenvalue weighted by atomic mass is 9.44. The van der Waals surface area contributed by atoms with Gasteiger partial charge in [0.15, 0.2) is 0 Å². The Morgan fingerprint density at radius 3 is 2.35 bits per heavy atom. The van der Waals surface area contributed by atoms with Crippen LogP contribution in [0.5, 0.6) is 0 Å². The van der Waals surface area contributed by atoms with Crippen molar-refractivity contribution in [2.45, 2.75) is 84.7 Å². The van der Waals surface area contributed by atoms with E-state index in [1.165, 1.54) is 38.5 Å². The molecule has 0 aliphatic heterocycles. The zero-order valence-electron chi connectivity index (χ0n) is 15.2. The number of carbonyl (C=O) groups is 1. The molecule has 130 valence electrons. The molecule has 4 rings (SSSR count). The van der Waals surface area contributed by atoms with Gasteiger partial charge in [-0.1, -0.05) is 13.8 Å². The fourth-order valence-electron chi connectivity index (χ4n) is 7.90. The highest BCUT2D eigenvalue weighted by Crippen LogP contribution is 2.67. The van der Waals surface area contributed by atoms with E-state index in [4.69, 9.17) is 0 Å². The van der Waals surface area contributed by atoms with Crippen molar-refractivity contribution in [1.82, 2.24) is 0 Å². The molecule has 0 unspecified atom stereocenters. The lowest BCUT2D eigenvalue weighted by molar-refractivity contribution is -0.138. The van der Waals surface area contributed by atoms with Crippen LogP contribution in [0.4, 0.5) is 0 Å². The Labute approximate surface area is 141 Å². The van der Waals surface area contributed by atoms with Crippen molar-refractivity contribution in [3.8, 4) is 0 Å². The zero-order valence-corrected chi connectivity index (χ0v) is 15.2. The molecule has 2 heteroatoms. The maximum absolute atomic E-state index is 12.2. The summed E-state index contributed by atoms with van der Waals surface area (Å²) in [5, 5.41) is 10.1. The quantitative estimate of drug-likeness (QED) is 0.767. The molecule has 0 heterocycles. The van der Waals surface area contributed by atoms with Gasteiger partial charge < -0.3 is 5.11 Å². The molecule has 23 heavy (non-hydrogen) atoms. The van der Waals surface area contributed by atoms with E-state index in [0.717, 1.165) is 42.9 Å². The lowest BCUT2D eigenvalue weighted by Gasteiger charge is -2.60. The van der Waals surface area contributed by atoms with Gasteiger partial charge in [-0.05, 0) is 99.2 Å². The van der Waals surface area contributed by atoms with Crippen molar-refractivity contribution in [2.75, 3.05) is 0 Å². The van der Waals surface area contributed by atoms with E-state index >= 15 is 0 Å². The topological polar surface area (TPSA) is 37.3 Å². The van der Waals surface area contributed by atoms with Gasteiger partial charge in [0.05, 0.1) is 6.10 Å². The highest BCUT2D eigenvalue weighted by Gasteiger charge is 2.60. The Hall–Kier alpha value is -0.370. The molecular formula is C21H34O2. The van der Waals surface area contributed by atoms with E-state index in [9.17, 15) is 9.90 Å². The Balaban J connectivity index is 1.61. The first kappa shape index (κ1) is 16.1. The van der Waals surface area contributed by atoms with Crippen molar-refractivity contribution in [3.05, 3.63) is 0 Å². The summed E-state index contributed by atoms with van der Waals surface area (Å²) in [5.41, 5.74) is 0.738. The lowest BCUT2D eigenvalue weighted by Crippen LogP contribution is -2.54. The summed E-state index contributed by atoms with van der Waals surface area (Å²) in [6, 6.07) is 0. The molecule has 0 bridgehead atoms. The number of aliphatic hydroxyl groups is 1. The van der Waals surface area contributed by atoms with E-state index in [2.05, 4.69) is 13.8 Å². The Kier molecular flexibility index (Phi) is 3.72. The van der Waals surface area contributed by atoms with Gasteiger partial charge in [-0.25, -0.2) is 0 Å². The van der Waals surface area contributed by atoms with Gasteiger partial charge in [0.25, 0.3) is 0 Å². The molecular weight excluding hydrogens is 284 g/mol. The van der Waals surface area contributed by atoms with Crippen molar-refractivity contribution in [2.24, 2.45) is 40.4 Å². The predicted molar refractivity (Wildman–Crippen MR) is 91.9 cm³/mol. The van der Waals surface area contributed by atoms with E-state index in [1.807, 2.05) is 6.92 Å². The van der Waals surface area contributed by atoms with E-state index in [-0.39, 0.29) is 11.5 Å². The average molecular weight is 319 g/mol. The second-order valence-corrected chi connectivity index (χ2v) is 9.87. The molecule has 0 radical (unpaired) electrons. The van der Waals surface area contributed by atoms with Gasteiger partial charge in [0.2, 0.25) is 0 Å². The normalized spacial score (nSPS) is 55.7. The third kappa shape index (κ3) is 2.19. The minimum absolute atomic E-state index is 0.0490. The summed E-state index contributed by atoms with van der Waals surface area (Å²) in [7, 11) is 0. The Morgan fingerprint density at radius 1 is 0.913 bits per heavy atom. The summed E-state index contributed by atoms with van der Waals surface area (Å²) < 4.78 is 0. The second-order valence-electron chi connectivity index (χ2n) is 9.87. The SMILES string of the molecule is CC(=O)[C@@H]1CC[C@@H]2[C@@H]3CC[C@H]4C[C@H](O)CC[C@]4(C)[C@@H]3CC[C@@]21C. The third-order valence-electron chi connectivity index (χ3n) is 9.13. The van der Waals surface area contributed by atoms with Crippen molar-refractivity contribution in [1.29, 1.82) is 0 Å². The van der Waals surface area contributed by atoms with Gasteiger partial charge in [0.1, 0.15) is 5.78 Å². The van der Waals surface area contributed by atoms with Crippen LogP contribution in [0.3, 0.4) is 0 Å². The molecule has 4 fully saturated rings. The van der Waals surface area contributed by atoms with Gasteiger partial charge >= 0.3 is 0 Å². The number of hydrogen-bond acceptors (Lipinski definition) is 2.